The van der Waals surface area contributed by atoms with Crippen LogP contribution in [-0.2, 0) is 4.74 Å². The quantitative estimate of drug-likeness (QED) is 0.276. The molecule has 0 fully saturated rings. The lowest BCUT2D eigenvalue weighted by atomic mass is 10.1. The predicted octanol–water partition coefficient (Wildman–Crippen LogP) is 4.15. The third-order valence-electron chi connectivity index (χ3n) is 3.40. The molecule has 0 amide bonds. The number of halogens is 2. The molecule has 0 saturated carbocycles. The molecule has 0 aliphatic heterocycles. The minimum Gasteiger partial charge on any atom is -0.493 e. The van der Waals surface area contributed by atoms with Crippen LogP contribution in [0.4, 0.5) is 5.69 Å². The van der Waals surface area contributed by atoms with Gasteiger partial charge in [0.05, 0.1) is 35.3 Å². The van der Waals surface area contributed by atoms with Gasteiger partial charge in [0.25, 0.3) is 5.69 Å². The van der Waals surface area contributed by atoms with Gasteiger partial charge in [0, 0.05) is 6.07 Å². The van der Waals surface area contributed by atoms with Crippen LogP contribution in [0.5, 0.6) is 17.2 Å². The van der Waals surface area contributed by atoms with Gasteiger partial charge in [0.2, 0.25) is 0 Å². The van der Waals surface area contributed by atoms with E-state index >= 15 is 0 Å². The Hall–Kier alpha value is -2.71. The second-order valence-corrected chi connectivity index (χ2v) is 5.83. The molecule has 8 nitrogen and oxygen atoms in total. The van der Waals surface area contributed by atoms with Crippen LogP contribution in [0.2, 0.25) is 10.0 Å². The molecule has 0 heterocycles. The number of carbonyl (C=O) groups is 1. The summed E-state index contributed by atoms with van der Waals surface area (Å²) in [5.41, 5.74) is -0.735. The lowest BCUT2D eigenvalue weighted by molar-refractivity contribution is -0.385. The van der Waals surface area contributed by atoms with E-state index in [4.69, 9.17) is 42.1 Å². The molecule has 0 aliphatic carbocycles. The average Bonchev–Trinajstić information content (AvgIpc) is 2.65. The molecule has 10 heteroatoms. The molecule has 27 heavy (non-hydrogen) atoms. The van der Waals surface area contributed by atoms with Crippen LogP contribution in [0.1, 0.15) is 10.4 Å². The van der Waals surface area contributed by atoms with E-state index in [0.717, 1.165) is 6.07 Å². The lowest BCUT2D eigenvalue weighted by Crippen LogP contribution is -2.14. The number of esters is 1. The van der Waals surface area contributed by atoms with E-state index in [1.54, 1.807) is 18.2 Å². The van der Waals surface area contributed by atoms with E-state index in [2.05, 4.69) is 0 Å². The summed E-state index contributed by atoms with van der Waals surface area (Å²) in [7, 11) is 2.68. The first-order valence-electron chi connectivity index (χ1n) is 7.53. The number of hydrogen-bond acceptors (Lipinski definition) is 7. The molecule has 2 rings (SSSR count). The number of ether oxygens (including phenoxy) is 4. The Kier molecular flexibility index (Phi) is 7.09. The highest BCUT2D eigenvalue weighted by molar-refractivity contribution is 6.37. The number of para-hydroxylation sites is 1. The first-order chi connectivity index (χ1) is 12.9. The smallest absolute Gasteiger partial charge is 0.345 e. The van der Waals surface area contributed by atoms with Crippen molar-refractivity contribution in [3.05, 3.63) is 56.1 Å². The molecule has 144 valence electrons. The Bertz CT molecular complexity index is 837. The Morgan fingerprint density at radius 1 is 1.07 bits per heavy atom. The third kappa shape index (κ3) is 4.93. The first-order valence-corrected chi connectivity index (χ1v) is 8.29. The Morgan fingerprint density at radius 2 is 1.67 bits per heavy atom. The summed E-state index contributed by atoms with van der Waals surface area (Å²) >= 11 is 11.9. The van der Waals surface area contributed by atoms with Crippen LogP contribution in [-0.4, -0.2) is 38.3 Å². The van der Waals surface area contributed by atoms with Gasteiger partial charge >= 0.3 is 5.97 Å². The number of nitrogens with zero attached hydrogens (tertiary/aromatic N) is 1. The number of rotatable bonds is 8. The number of hydrogen-bond donors (Lipinski definition) is 0. The topological polar surface area (TPSA) is 97.1 Å². The zero-order valence-corrected chi connectivity index (χ0v) is 15.9. The van der Waals surface area contributed by atoms with Crippen LogP contribution in [0.15, 0.2) is 30.3 Å². The van der Waals surface area contributed by atoms with Gasteiger partial charge in [-0.1, -0.05) is 29.3 Å². The van der Waals surface area contributed by atoms with Crippen molar-refractivity contribution in [3.63, 3.8) is 0 Å². The van der Waals surface area contributed by atoms with Crippen molar-refractivity contribution in [3.8, 4) is 17.2 Å². The van der Waals surface area contributed by atoms with Crippen molar-refractivity contribution >= 4 is 34.9 Å². The number of nitro benzene ring substituents is 1. The summed E-state index contributed by atoms with van der Waals surface area (Å²) < 4.78 is 20.5. The Morgan fingerprint density at radius 3 is 2.22 bits per heavy atom. The van der Waals surface area contributed by atoms with Gasteiger partial charge in [-0.05, 0) is 12.1 Å². The van der Waals surface area contributed by atoms with Gasteiger partial charge < -0.3 is 18.9 Å². The molecule has 2 aromatic carbocycles. The van der Waals surface area contributed by atoms with E-state index in [0.29, 0.717) is 10.0 Å². The van der Waals surface area contributed by atoms with Gasteiger partial charge in [-0.2, -0.15) is 0 Å². The number of nitro groups is 1. The molecule has 0 bridgehead atoms. The maximum absolute atomic E-state index is 12.3. The highest BCUT2D eigenvalue weighted by Gasteiger charge is 2.25. The molecular weight excluding hydrogens is 401 g/mol. The fourth-order valence-electron chi connectivity index (χ4n) is 2.16. The number of benzene rings is 2. The zero-order valence-electron chi connectivity index (χ0n) is 14.4. The highest BCUT2D eigenvalue weighted by Crippen LogP contribution is 2.35. The fraction of sp³-hybridized carbons (Fsp3) is 0.235. The van der Waals surface area contributed by atoms with Crippen molar-refractivity contribution in [2.24, 2.45) is 0 Å². The van der Waals surface area contributed by atoms with E-state index in [1.807, 2.05) is 0 Å². The Labute approximate surface area is 164 Å². The fourth-order valence-corrected chi connectivity index (χ4v) is 2.67. The molecule has 0 aromatic heterocycles. The van der Waals surface area contributed by atoms with Crippen molar-refractivity contribution in [2.45, 2.75) is 0 Å². The predicted molar refractivity (Wildman–Crippen MR) is 98.4 cm³/mol. The van der Waals surface area contributed by atoms with Crippen molar-refractivity contribution in [2.75, 3.05) is 27.4 Å². The highest BCUT2D eigenvalue weighted by atomic mass is 35.5. The van der Waals surface area contributed by atoms with Gasteiger partial charge in [0.15, 0.2) is 17.2 Å². The van der Waals surface area contributed by atoms with Crippen LogP contribution in [0.25, 0.3) is 0 Å². The largest absolute Gasteiger partial charge is 0.493 e. The van der Waals surface area contributed by atoms with Crippen LogP contribution >= 0.6 is 23.2 Å². The average molecular weight is 416 g/mol. The zero-order chi connectivity index (χ0) is 20.0. The molecule has 0 spiro atoms. The molecule has 0 N–H and O–H groups in total. The normalized spacial score (nSPS) is 10.2. The van der Waals surface area contributed by atoms with Crippen LogP contribution in [0, 0.1) is 10.1 Å². The summed E-state index contributed by atoms with van der Waals surface area (Å²) in [4.78, 5) is 22.8. The van der Waals surface area contributed by atoms with E-state index in [9.17, 15) is 14.9 Å². The summed E-state index contributed by atoms with van der Waals surface area (Å²) in [6.45, 7) is -0.220. The summed E-state index contributed by atoms with van der Waals surface area (Å²) in [6, 6.07) is 7.14. The minimum atomic E-state index is -0.906. The number of methoxy groups -OCH3 is 2. The van der Waals surface area contributed by atoms with Gasteiger partial charge in [-0.3, -0.25) is 10.1 Å². The van der Waals surface area contributed by atoms with Gasteiger partial charge in [-0.15, -0.1) is 0 Å². The summed E-state index contributed by atoms with van der Waals surface area (Å²) in [5, 5.41) is 11.9. The molecule has 2 aromatic rings. The number of carbonyl (C=O) groups excluding carboxylic acids is 1. The van der Waals surface area contributed by atoms with Gasteiger partial charge in [-0.25, -0.2) is 4.79 Å². The summed E-state index contributed by atoms with van der Waals surface area (Å²) in [6.07, 6.45) is 0. The van der Waals surface area contributed by atoms with Crippen molar-refractivity contribution in [1.82, 2.24) is 0 Å². The van der Waals surface area contributed by atoms with Crippen molar-refractivity contribution in [1.29, 1.82) is 0 Å². The van der Waals surface area contributed by atoms with Crippen LogP contribution in [0.3, 0.4) is 0 Å². The monoisotopic (exact) mass is 415 g/mol. The van der Waals surface area contributed by atoms with Crippen LogP contribution < -0.4 is 14.2 Å². The molecule has 0 atom stereocenters. The maximum atomic E-state index is 12.3. The molecule has 0 aliphatic rings. The van der Waals surface area contributed by atoms with Gasteiger partial charge in [0.1, 0.15) is 18.8 Å². The molecule has 0 unspecified atom stereocenters. The maximum Gasteiger partial charge on any atom is 0.345 e. The second kappa shape index (κ2) is 9.29. The van der Waals surface area contributed by atoms with E-state index in [-0.39, 0.29) is 36.0 Å². The Balaban J connectivity index is 2.08. The molecular formula is C17H15Cl2NO7. The SMILES string of the molecule is COc1cc(C(=O)OCCOc2c(Cl)cccc2Cl)c([N+](=O)[O-])cc1OC. The lowest BCUT2D eigenvalue weighted by Gasteiger charge is -2.12. The minimum absolute atomic E-state index is 0.0454. The standard InChI is InChI=1S/C17H15Cl2NO7/c1-24-14-8-10(13(20(22)23)9-15(14)25-2)17(21)27-7-6-26-16-11(18)4-3-5-12(16)19/h3-5,8-9H,6-7H2,1-2H3. The third-order valence-corrected chi connectivity index (χ3v) is 4.00. The molecule has 0 radical (unpaired) electrons. The second-order valence-electron chi connectivity index (χ2n) is 5.02. The van der Waals surface area contributed by atoms with E-state index in [1.165, 1.54) is 20.3 Å². The first kappa shape index (κ1) is 20.6. The van der Waals surface area contributed by atoms with E-state index < -0.39 is 16.6 Å². The summed E-state index contributed by atoms with van der Waals surface area (Å²) in [5.74, 6) is -0.364. The molecule has 0 saturated heterocycles. The van der Waals surface area contributed by atoms with Crippen molar-refractivity contribution < 1.29 is 28.7 Å².